The van der Waals surface area contributed by atoms with E-state index in [2.05, 4.69) is 4.98 Å². The SMILES string of the molecule is Nc1c(C(F)F)ncc(F)c1S(=O)(=O)Cl. The molecule has 0 aliphatic carbocycles. The standard InChI is InChI=1S/C6H4ClF3N2O2S/c7-15(13,14)5-2(8)1-12-4(3(5)11)6(9)10/h1,6H,11H2. The Hall–Kier alpha value is -1.02. The minimum absolute atomic E-state index is 0.327. The van der Waals surface area contributed by atoms with Crippen molar-refractivity contribution >= 4 is 25.4 Å². The van der Waals surface area contributed by atoms with E-state index in [9.17, 15) is 21.6 Å². The fraction of sp³-hybridized carbons (Fsp3) is 0.167. The predicted molar refractivity (Wildman–Crippen MR) is 46.6 cm³/mol. The van der Waals surface area contributed by atoms with Crippen molar-refractivity contribution in [3.8, 4) is 0 Å². The summed E-state index contributed by atoms with van der Waals surface area (Å²) in [4.78, 5) is 1.81. The zero-order chi connectivity index (χ0) is 11.8. The van der Waals surface area contributed by atoms with Gasteiger partial charge < -0.3 is 5.73 Å². The summed E-state index contributed by atoms with van der Waals surface area (Å²) in [5.74, 6) is -1.37. The van der Waals surface area contributed by atoms with Crippen LogP contribution in [-0.2, 0) is 9.05 Å². The number of hydrogen-bond acceptors (Lipinski definition) is 4. The third-order valence-electron chi connectivity index (χ3n) is 1.50. The van der Waals surface area contributed by atoms with Crippen molar-refractivity contribution in [3.63, 3.8) is 0 Å². The molecule has 0 saturated carbocycles. The largest absolute Gasteiger partial charge is 0.396 e. The van der Waals surface area contributed by atoms with Gasteiger partial charge in [0.15, 0.2) is 5.82 Å². The quantitative estimate of drug-likeness (QED) is 0.821. The molecule has 1 aromatic heterocycles. The molecule has 0 amide bonds. The summed E-state index contributed by atoms with van der Waals surface area (Å²) >= 11 is 0. The lowest BCUT2D eigenvalue weighted by Crippen LogP contribution is -2.08. The molecule has 0 spiro atoms. The Morgan fingerprint density at radius 1 is 1.47 bits per heavy atom. The molecule has 9 heteroatoms. The first kappa shape index (κ1) is 12.1. The highest BCUT2D eigenvalue weighted by molar-refractivity contribution is 8.13. The van der Waals surface area contributed by atoms with Crippen molar-refractivity contribution in [2.75, 3.05) is 5.73 Å². The van der Waals surface area contributed by atoms with Crippen molar-refractivity contribution in [2.45, 2.75) is 11.3 Å². The molecule has 0 aliphatic heterocycles. The van der Waals surface area contributed by atoms with Crippen LogP contribution in [0.1, 0.15) is 12.1 Å². The lowest BCUT2D eigenvalue weighted by Gasteiger charge is -2.07. The lowest BCUT2D eigenvalue weighted by molar-refractivity contribution is 0.146. The van der Waals surface area contributed by atoms with Crippen LogP contribution >= 0.6 is 10.7 Å². The molecule has 0 aliphatic rings. The Morgan fingerprint density at radius 3 is 2.40 bits per heavy atom. The molecule has 1 aromatic rings. The summed E-state index contributed by atoms with van der Waals surface area (Å²) < 4.78 is 59.0. The highest BCUT2D eigenvalue weighted by atomic mass is 35.7. The van der Waals surface area contributed by atoms with Crippen molar-refractivity contribution in [3.05, 3.63) is 17.7 Å². The average Bonchev–Trinajstić information content (AvgIpc) is 2.00. The molecule has 1 heterocycles. The second kappa shape index (κ2) is 3.86. The van der Waals surface area contributed by atoms with Gasteiger partial charge in [0.1, 0.15) is 10.6 Å². The number of rotatable bonds is 2. The molecular formula is C6H4ClF3N2O2S. The number of aromatic nitrogens is 1. The molecule has 4 nitrogen and oxygen atoms in total. The summed E-state index contributed by atoms with van der Waals surface area (Å²) in [6, 6.07) is 0. The Bertz CT molecular complexity index is 491. The molecule has 0 fully saturated rings. The Labute approximate surface area is 87.3 Å². The third kappa shape index (κ3) is 2.32. The maximum absolute atomic E-state index is 12.9. The molecule has 0 aromatic carbocycles. The number of nitrogens with zero attached hydrogens (tertiary/aromatic N) is 1. The molecule has 0 unspecified atom stereocenters. The van der Waals surface area contributed by atoms with E-state index in [1.165, 1.54) is 0 Å². The van der Waals surface area contributed by atoms with E-state index in [0.717, 1.165) is 0 Å². The molecule has 0 atom stereocenters. The number of anilines is 1. The zero-order valence-electron chi connectivity index (χ0n) is 6.92. The van der Waals surface area contributed by atoms with E-state index in [-0.39, 0.29) is 0 Å². The Balaban J connectivity index is 3.59. The van der Waals surface area contributed by atoms with Crippen molar-refractivity contribution in [2.24, 2.45) is 0 Å². The monoisotopic (exact) mass is 260 g/mol. The summed E-state index contributed by atoms with van der Waals surface area (Å²) in [5.41, 5.74) is 3.03. The van der Waals surface area contributed by atoms with Crippen LogP contribution in [0.15, 0.2) is 11.1 Å². The van der Waals surface area contributed by atoms with E-state index in [1.54, 1.807) is 0 Å². The second-order valence-corrected chi connectivity index (χ2v) is 4.98. The molecule has 0 bridgehead atoms. The van der Waals surface area contributed by atoms with E-state index in [0.29, 0.717) is 6.20 Å². The van der Waals surface area contributed by atoms with Gasteiger partial charge in [-0.1, -0.05) is 0 Å². The maximum atomic E-state index is 12.9. The van der Waals surface area contributed by atoms with Gasteiger partial charge in [0, 0.05) is 10.7 Å². The first-order chi connectivity index (χ1) is 6.75. The molecule has 15 heavy (non-hydrogen) atoms. The van der Waals surface area contributed by atoms with Crippen molar-refractivity contribution in [1.82, 2.24) is 4.98 Å². The topological polar surface area (TPSA) is 73.0 Å². The number of alkyl halides is 2. The van der Waals surface area contributed by atoms with Gasteiger partial charge in [-0.3, -0.25) is 0 Å². The Morgan fingerprint density at radius 2 is 2.00 bits per heavy atom. The third-order valence-corrected chi connectivity index (χ3v) is 2.87. The van der Waals surface area contributed by atoms with Crippen molar-refractivity contribution in [1.29, 1.82) is 0 Å². The first-order valence-corrected chi connectivity index (χ1v) is 5.72. The van der Waals surface area contributed by atoms with Crippen LogP contribution in [0.5, 0.6) is 0 Å². The normalized spacial score (nSPS) is 12.1. The zero-order valence-corrected chi connectivity index (χ0v) is 8.49. The van der Waals surface area contributed by atoms with Crippen LogP contribution in [0.2, 0.25) is 0 Å². The first-order valence-electron chi connectivity index (χ1n) is 3.42. The highest BCUT2D eigenvalue weighted by Crippen LogP contribution is 2.31. The van der Waals surface area contributed by atoms with Gasteiger partial charge in [-0.25, -0.2) is 26.6 Å². The van der Waals surface area contributed by atoms with E-state index in [4.69, 9.17) is 16.4 Å². The van der Waals surface area contributed by atoms with Crippen LogP contribution in [-0.4, -0.2) is 13.4 Å². The van der Waals surface area contributed by atoms with E-state index in [1.807, 2.05) is 0 Å². The fourth-order valence-electron chi connectivity index (χ4n) is 0.921. The lowest BCUT2D eigenvalue weighted by atomic mass is 10.3. The van der Waals surface area contributed by atoms with Gasteiger partial charge in [0.2, 0.25) is 0 Å². The van der Waals surface area contributed by atoms with Crippen LogP contribution in [0, 0.1) is 5.82 Å². The minimum atomic E-state index is -4.52. The summed E-state index contributed by atoms with van der Waals surface area (Å²) in [7, 11) is 0.304. The predicted octanol–water partition coefficient (Wildman–Crippen LogP) is 1.67. The number of nitrogen functional groups attached to an aromatic ring is 1. The molecule has 0 saturated heterocycles. The van der Waals surface area contributed by atoms with Crippen LogP contribution in [0.4, 0.5) is 18.9 Å². The van der Waals surface area contributed by atoms with Crippen LogP contribution in [0.25, 0.3) is 0 Å². The van der Waals surface area contributed by atoms with Gasteiger partial charge in [-0.05, 0) is 0 Å². The van der Waals surface area contributed by atoms with Gasteiger partial charge in [-0.2, -0.15) is 0 Å². The van der Waals surface area contributed by atoms with Gasteiger partial charge in [0.05, 0.1) is 11.9 Å². The molecule has 1 rings (SSSR count). The summed E-state index contributed by atoms with van der Waals surface area (Å²) in [6.07, 6.45) is -2.78. The van der Waals surface area contributed by atoms with E-state index >= 15 is 0 Å². The minimum Gasteiger partial charge on any atom is -0.396 e. The maximum Gasteiger partial charge on any atom is 0.282 e. The molecule has 84 valence electrons. The van der Waals surface area contributed by atoms with Gasteiger partial charge >= 0.3 is 0 Å². The Kier molecular flexibility index (Phi) is 3.10. The number of halogens is 4. The summed E-state index contributed by atoms with van der Waals surface area (Å²) in [6.45, 7) is 0. The average molecular weight is 261 g/mol. The molecule has 0 radical (unpaired) electrons. The summed E-state index contributed by atoms with van der Waals surface area (Å²) in [5, 5.41) is 0. The highest BCUT2D eigenvalue weighted by Gasteiger charge is 2.26. The van der Waals surface area contributed by atoms with Gasteiger partial charge in [0.25, 0.3) is 15.5 Å². The van der Waals surface area contributed by atoms with Crippen molar-refractivity contribution < 1.29 is 21.6 Å². The number of hydrogen-bond donors (Lipinski definition) is 1. The fourth-order valence-corrected chi connectivity index (χ4v) is 2.04. The number of pyridine rings is 1. The van der Waals surface area contributed by atoms with Crippen LogP contribution < -0.4 is 5.73 Å². The second-order valence-electron chi connectivity index (χ2n) is 2.47. The number of nitrogens with two attached hydrogens (primary N) is 1. The molecule has 2 N–H and O–H groups in total. The van der Waals surface area contributed by atoms with E-state index < -0.39 is 37.6 Å². The van der Waals surface area contributed by atoms with Crippen LogP contribution in [0.3, 0.4) is 0 Å². The van der Waals surface area contributed by atoms with Gasteiger partial charge in [-0.15, -0.1) is 0 Å². The molecular weight excluding hydrogens is 257 g/mol. The smallest absolute Gasteiger partial charge is 0.282 e.